The van der Waals surface area contributed by atoms with Crippen molar-refractivity contribution in [3.05, 3.63) is 83.2 Å². The minimum absolute atomic E-state index is 0.174. The summed E-state index contributed by atoms with van der Waals surface area (Å²) in [5, 5.41) is 7.81. The number of halogens is 1. The summed E-state index contributed by atoms with van der Waals surface area (Å²) < 4.78 is 7.08. The van der Waals surface area contributed by atoms with Crippen LogP contribution in [0.1, 0.15) is 11.1 Å². The van der Waals surface area contributed by atoms with Gasteiger partial charge in [0.25, 0.3) is 0 Å². The first-order chi connectivity index (χ1) is 13.2. The van der Waals surface area contributed by atoms with Crippen LogP contribution in [0.3, 0.4) is 0 Å². The van der Waals surface area contributed by atoms with Gasteiger partial charge in [0.2, 0.25) is 5.91 Å². The van der Waals surface area contributed by atoms with Gasteiger partial charge in [-0.25, -0.2) is 4.68 Å². The number of ether oxygens (including phenoxy) is 1. The van der Waals surface area contributed by atoms with E-state index in [2.05, 4.69) is 10.4 Å². The first-order valence-corrected chi connectivity index (χ1v) is 8.92. The fraction of sp³-hybridized carbons (Fsp3) is 0.143. The van der Waals surface area contributed by atoms with Crippen LogP contribution >= 0.6 is 11.6 Å². The van der Waals surface area contributed by atoms with Gasteiger partial charge in [-0.1, -0.05) is 29.8 Å². The Kier molecular flexibility index (Phi) is 6.28. The highest BCUT2D eigenvalue weighted by molar-refractivity contribution is 6.30. The van der Waals surface area contributed by atoms with E-state index < -0.39 is 0 Å². The number of rotatable bonds is 7. The molecule has 2 aromatic carbocycles. The molecule has 1 aromatic heterocycles. The number of nitrogens with one attached hydrogen (secondary N) is 1. The zero-order chi connectivity index (χ0) is 19.1. The van der Waals surface area contributed by atoms with E-state index in [0.29, 0.717) is 23.7 Å². The second-order valence-electron chi connectivity index (χ2n) is 5.89. The number of nitrogens with zero attached hydrogens (tertiary/aromatic N) is 2. The van der Waals surface area contributed by atoms with Crippen LogP contribution in [0.15, 0.2) is 67.0 Å². The highest BCUT2D eigenvalue weighted by Crippen LogP contribution is 2.23. The second-order valence-corrected chi connectivity index (χ2v) is 6.33. The molecule has 3 rings (SSSR count). The highest BCUT2D eigenvalue weighted by Gasteiger charge is 2.03. The molecule has 1 amide bonds. The monoisotopic (exact) mass is 381 g/mol. The maximum atomic E-state index is 12.0. The average molecular weight is 382 g/mol. The zero-order valence-corrected chi connectivity index (χ0v) is 15.7. The molecule has 1 N–H and O–H groups in total. The summed E-state index contributed by atoms with van der Waals surface area (Å²) in [7, 11) is 1.58. The van der Waals surface area contributed by atoms with Crippen LogP contribution in [-0.4, -0.2) is 29.3 Å². The van der Waals surface area contributed by atoms with Gasteiger partial charge in [0, 0.05) is 29.4 Å². The molecule has 0 spiro atoms. The predicted octanol–water partition coefficient (Wildman–Crippen LogP) is 3.91. The molecule has 138 valence electrons. The number of para-hydroxylation sites is 1. The summed E-state index contributed by atoms with van der Waals surface area (Å²) in [6.07, 6.45) is 7.64. The van der Waals surface area contributed by atoms with E-state index in [1.165, 1.54) is 6.08 Å². The summed E-state index contributed by atoms with van der Waals surface area (Å²) >= 11 is 5.99. The summed E-state index contributed by atoms with van der Waals surface area (Å²) in [6, 6.07) is 15.2. The van der Waals surface area contributed by atoms with Gasteiger partial charge in [0.1, 0.15) is 5.75 Å². The maximum absolute atomic E-state index is 12.0. The van der Waals surface area contributed by atoms with Gasteiger partial charge in [0.05, 0.1) is 19.0 Å². The average Bonchev–Trinajstić information content (AvgIpc) is 3.16. The Balaban J connectivity index is 1.52. The minimum atomic E-state index is -0.174. The Hall–Kier alpha value is -3.05. The number of benzene rings is 2. The maximum Gasteiger partial charge on any atom is 0.244 e. The molecule has 0 bridgehead atoms. The van der Waals surface area contributed by atoms with Crippen molar-refractivity contribution in [1.29, 1.82) is 0 Å². The van der Waals surface area contributed by atoms with Crippen molar-refractivity contribution in [2.24, 2.45) is 0 Å². The minimum Gasteiger partial charge on any atom is -0.496 e. The molecular formula is C21H20ClN3O2. The molecule has 0 saturated heterocycles. The van der Waals surface area contributed by atoms with Crippen LogP contribution in [0, 0.1) is 0 Å². The summed E-state index contributed by atoms with van der Waals surface area (Å²) in [6.45, 7) is 0.524. The van der Waals surface area contributed by atoms with Crippen LogP contribution in [0.25, 0.3) is 11.8 Å². The molecule has 0 saturated carbocycles. The molecule has 6 heteroatoms. The number of hydrogen-bond donors (Lipinski definition) is 1. The quantitative estimate of drug-likeness (QED) is 0.631. The molecule has 0 unspecified atom stereocenters. The Morgan fingerprint density at radius 3 is 2.85 bits per heavy atom. The smallest absolute Gasteiger partial charge is 0.244 e. The lowest BCUT2D eigenvalue weighted by Gasteiger charge is -2.05. The lowest BCUT2D eigenvalue weighted by Crippen LogP contribution is -2.23. The topological polar surface area (TPSA) is 56.1 Å². The van der Waals surface area contributed by atoms with Gasteiger partial charge in [-0.15, -0.1) is 0 Å². The van der Waals surface area contributed by atoms with Crippen molar-refractivity contribution >= 4 is 23.6 Å². The van der Waals surface area contributed by atoms with Gasteiger partial charge in [0.15, 0.2) is 0 Å². The van der Waals surface area contributed by atoms with Gasteiger partial charge in [-0.05, 0) is 48.4 Å². The summed E-state index contributed by atoms with van der Waals surface area (Å²) in [5.74, 6) is 0.490. The molecule has 0 aliphatic heterocycles. The number of hydrogen-bond acceptors (Lipinski definition) is 3. The van der Waals surface area contributed by atoms with Crippen molar-refractivity contribution < 1.29 is 9.53 Å². The number of aromatic nitrogens is 2. The molecule has 0 aliphatic carbocycles. The third kappa shape index (κ3) is 5.21. The van der Waals surface area contributed by atoms with E-state index in [1.54, 1.807) is 31.4 Å². The van der Waals surface area contributed by atoms with Crippen LogP contribution in [0.2, 0.25) is 5.02 Å². The van der Waals surface area contributed by atoms with Crippen LogP contribution < -0.4 is 10.1 Å². The Morgan fingerprint density at radius 2 is 2.07 bits per heavy atom. The van der Waals surface area contributed by atoms with Crippen molar-refractivity contribution in [2.45, 2.75) is 6.42 Å². The lowest BCUT2D eigenvalue weighted by atomic mass is 10.2. The van der Waals surface area contributed by atoms with E-state index >= 15 is 0 Å². The van der Waals surface area contributed by atoms with Gasteiger partial charge < -0.3 is 10.1 Å². The van der Waals surface area contributed by atoms with Crippen molar-refractivity contribution in [3.8, 4) is 11.4 Å². The van der Waals surface area contributed by atoms with Crippen LogP contribution in [-0.2, 0) is 11.2 Å². The molecule has 3 aromatic rings. The van der Waals surface area contributed by atoms with Gasteiger partial charge in [-0.3, -0.25) is 4.79 Å². The SMILES string of the molecule is COc1ccc(Cl)cc1C=CC(=O)NCCc1cnn(-c2ccccc2)c1. The van der Waals surface area contributed by atoms with Crippen LogP contribution in [0.4, 0.5) is 0 Å². The number of methoxy groups -OCH3 is 1. The first kappa shape index (κ1) is 18.7. The molecule has 27 heavy (non-hydrogen) atoms. The molecule has 5 nitrogen and oxygen atoms in total. The zero-order valence-electron chi connectivity index (χ0n) is 14.9. The van der Waals surface area contributed by atoms with Crippen LogP contribution in [0.5, 0.6) is 5.75 Å². The van der Waals surface area contributed by atoms with Crippen molar-refractivity contribution in [1.82, 2.24) is 15.1 Å². The fourth-order valence-corrected chi connectivity index (χ4v) is 2.78. The normalized spacial score (nSPS) is 10.9. The number of carbonyl (C=O) groups excluding carboxylic acids is 1. The first-order valence-electron chi connectivity index (χ1n) is 8.54. The predicted molar refractivity (Wildman–Crippen MR) is 107 cm³/mol. The Labute approximate surface area is 163 Å². The molecule has 1 heterocycles. The lowest BCUT2D eigenvalue weighted by molar-refractivity contribution is -0.116. The third-order valence-electron chi connectivity index (χ3n) is 3.98. The van der Waals surface area contributed by atoms with Crippen molar-refractivity contribution in [2.75, 3.05) is 13.7 Å². The van der Waals surface area contributed by atoms with E-state index in [4.69, 9.17) is 16.3 Å². The summed E-state index contributed by atoms with van der Waals surface area (Å²) in [4.78, 5) is 12.0. The molecule has 0 atom stereocenters. The third-order valence-corrected chi connectivity index (χ3v) is 4.21. The van der Waals surface area contributed by atoms with E-state index in [-0.39, 0.29) is 5.91 Å². The van der Waals surface area contributed by atoms with Gasteiger partial charge in [-0.2, -0.15) is 5.10 Å². The molecule has 0 radical (unpaired) electrons. The molecular weight excluding hydrogens is 362 g/mol. The standard InChI is InChI=1S/C21H20ClN3O2/c1-27-20-9-8-18(22)13-17(20)7-10-21(26)23-12-11-16-14-24-25(15-16)19-5-3-2-4-6-19/h2-10,13-15H,11-12H2,1H3,(H,23,26). The largest absolute Gasteiger partial charge is 0.496 e. The number of amides is 1. The second kappa shape index (κ2) is 9.05. The molecule has 0 aliphatic rings. The molecule has 0 fully saturated rings. The fourth-order valence-electron chi connectivity index (χ4n) is 2.60. The van der Waals surface area contributed by atoms with Crippen molar-refractivity contribution in [3.63, 3.8) is 0 Å². The Morgan fingerprint density at radius 1 is 1.26 bits per heavy atom. The Bertz CT molecular complexity index is 936. The van der Waals surface area contributed by atoms with E-state index in [0.717, 1.165) is 16.8 Å². The van der Waals surface area contributed by atoms with Gasteiger partial charge >= 0.3 is 0 Å². The van der Waals surface area contributed by atoms with E-state index in [9.17, 15) is 4.79 Å². The number of carbonyl (C=O) groups is 1. The highest BCUT2D eigenvalue weighted by atomic mass is 35.5. The summed E-state index contributed by atoms with van der Waals surface area (Å²) in [5.41, 5.74) is 2.81. The van der Waals surface area contributed by atoms with E-state index in [1.807, 2.05) is 47.4 Å².